The normalized spacial score (nSPS) is 20.4. The van der Waals surface area contributed by atoms with Gasteiger partial charge in [0.25, 0.3) is 0 Å². The van der Waals surface area contributed by atoms with Gasteiger partial charge in [0, 0.05) is 19.5 Å². The molecule has 18 heavy (non-hydrogen) atoms. The van der Waals surface area contributed by atoms with Crippen LogP contribution >= 0.6 is 0 Å². The molecule has 0 aliphatic carbocycles. The molecule has 2 N–H and O–H groups in total. The summed E-state index contributed by atoms with van der Waals surface area (Å²) in [6.07, 6.45) is 0.723. The average Bonchev–Trinajstić information content (AvgIpc) is 2.54. The number of rotatable bonds is 3. The van der Waals surface area contributed by atoms with Crippen molar-refractivity contribution in [3.05, 3.63) is 29.8 Å². The second-order valence-corrected chi connectivity index (χ2v) is 4.81. The molecule has 0 aromatic heterocycles. The lowest BCUT2D eigenvalue weighted by molar-refractivity contribution is -0.121. The second kappa shape index (κ2) is 5.87. The van der Waals surface area contributed by atoms with Gasteiger partial charge in [-0.3, -0.25) is 4.79 Å². The third-order valence-corrected chi connectivity index (χ3v) is 2.87. The van der Waals surface area contributed by atoms with Crippen LogP contribution in [0.3, 0.4) is 0 Å². The molecule has 1 aromatic rings. The minimum Gasteiger partial charge on any atom is -0.491 e. The van der Waals surface area contributed by atoms with E-state index in [0.717, 1.165) is 24.4 Å². The SMILES string of the molecule is CC(C)Oc1ccc(C2CNCCC(=O)N2)cc1. The van der Waals surface area contributed by atoms with Gasteiger partial charge in [0.15, 0.2) is 0 Å². The number of carbonyl (C=O) groups is 1. The first-order chi connectivity index (χ1) is 8.65. The highest BCUT2D eigenvalue weighted by molar-refractivity contribution is 5.77. The first kappa shape index (κ1) is 12.9. The van der Waals surface area contributed by atoms with Gasteiger partial charge in [-0.15, -0.1) is 0 Å². The van der Waals surface area contributed by atoms with E-state index in [-0.39, 0.29) is 18.1 Å². The van der Waals surface area contributed by atoms with Crippen LogP contribution in [0.15, 0.2) is 24.3 Å². The zero-order valence-corrected chi connectivity index (χ0v) is 10.9. The number of benzene rings is 1. The Kier molecular flexibility index (Phi) is 4.20. The molecule has 98 valence electrons. The summed E-state index contributed by atoms with van der Waals surface area (Å²) in [6, 6.07) is 7.97. The first-order valence-electron chi connectivity index (χ1n) is 6.42. The third-order valence-electron chi connectivity index (χ3n) is 2.87. The zero-order chi connectivity index (χ0) is 13.0. The lowest BCUT2D eigenvalue weighted by Crippen LogP contribution is -2.30. The highest BCUT2D eigenvalue weighted by Gasteiger charge is 2.17. The largest absolute Gasteiger partial charge is 0.491 e. The Morgan fingerprint density at radius 1 is 1.28 bits per heavy atom. The Morgan fingerprint density at radius 3 is 2.67 bits per heavy atom. The number of ether oxygens (including phenoxy) is 1. The molecule has 0 bridgehead atoms. The fourth-order valence-electron chi connectivity index (χ4n) is 2.02. The van der Waals surface area contributed by atoms with Crippen LogP contribution in [0, 0.1) is 0 Å². The van der Waals surface area contributed by atoms with Gasteiger partial charge < -0.3 is 15.4 Å². The zero-order valence-electron chi connectivity index (χ0n) is 10.9. The maximum atomic E-state index is 11.5. The van der Waals surface area contributed by atoms with Crippen molar-refractivity contribution < 1.29 is 9.53 Å². The molecule has 1 aromatic carbocycles. The highest BCUT2D eigenvalue weighted by Crippen LogP contribution is 2.19. The predicted molar refractivity (Wildman–Crippen MR) is 70.6 cm³/mol. The van der Waals surface area contributed by atoms with E-state index in [0.29, 0.717) is 6.42 Å². The van der Waals surface area contributed by atoms with Crippen LogP contribution in [-0.2, 0) is 4.79 Å². The van der Waals surface area contributed by atoms with Gasteiger partial charge in [-0.1, -0.05) is 12.1 Å². The van der Waals surface area contributed by atoms with E-state index in [1.165, 1.54) is 0 Å². The Bertz CT molecular complexity index is 401. The molecule has 0 spiro atoms. The Hall–Kier alpha value is -1.55. The number of hydrogen-bond acceptors (Lipinski definition) is 3. The number of hydrogen-bond donors (Lipinski definition) is 2. The molecule has 1 fully saturated rings. The second-order valence-electron chi connectivity index (χ2n) is 4.81. The predicted octanol–water partition coefficient (Wildman–Crippen LogP) is 1.62. The van der Waals surface area contributed by atoms with E-state index in [9.17, 15) is 4.79 Å². The fraction of sp³-hybridized carbons (Fsp3) is 0.500. The summed E-state index contributed by atoms with van der Waals surface area (Å²) in [5.74, 6) is 0.967. The van der Waals surface area contributed by atoms with E-state index in [2.05, 4.69) is 10.6 Å². The lowest BCUT2D eigenvalue weighted by atomic mass is 10.1. The molecule has 4 heteroatoms. The monoisotopic (exact) mass is 248 g/mol. The van der Waals surface area contributed by atoms with E-state index >= 15 is 0 Å². The van der Waals surface area contributed by atoms with Crippen LogP contribution < -0.4 is 15.4 Å². The summed E-state index contributed by atoms with van der Waals surface area (Å²) >= 11 is 0. The van der Waals surface area contributed by atoms with Crippen molar-refractivity contribution in [1.82, 2.24) is 10.6 Å². The van der Waals surface area contributed by atoms with E-state index in [4.69, 9.17) is 4.74 Å². The van der Waals surface area contributed by atoms with Crippen molar-refractivity contribution in [1.29, 1.82) is 0 Å². The highest BCUT2D eigenvalue weighted by atomic mass is 16.5. The van der Waals surface area contributed by atoms with Crippen molar-refractivity contribution >= 4 is 5.91 Å². The quantitative estimate of drug-likeness (QED) is 0.854. The third kappa shape index (κ3) is 3.47. The molecule has 1 atom stereocenters. The average molecular weight is 248 g/mol. The van der Waals surface area contributed by atoms with Crippen LogP contribution in [0.25, 0.3) is 0 Å². The van der Waals surface area contributed by atoms with Gasteiger partial charge in [0.05, 0.1) is 12.1 Å². The van der Waals surface area contributed by atoms with Crippen molar-refractivity contribution in [3.63, 3.8) is 0 Å². The summed E-state index contributed by atoms with van der Waals surface area (Å²) in [6.45, 7) is 5.53. The van der Waals surface area contributed by atoms with E-state index in [1.54, 1.807) is 0 Å². The van der Waals surface area contributed by atoms with Crippen molar-refractivity contribution in [2.24, 2.45) is 0 Å². The Morgan fingerprint density at radius 2 is 2.00 bits per heavy atom. The van der Waals surface area contributed by atoms with Gasteiger partial charge in [0.1, 0.15) is 5.75 Å². The van der Waals surface area contributed by atoms with Crippen LogP contribution in [-0.4, -0.2) is 25.1 Å². The summed E-state index contributed by atoms with van der Waals surface area (Å²) in [4.78, 5) is 11.5. The summed E-state index contributed by atoms with van der Waals surface area (Å²) in [5, 5.41) is 6.27. The first-order valence-corrected chi connectivity index (χ1v) is 6.42. The molecule has 2 rings (SSSR count). The molecule has 1 unspecified atom stereocenters. The molecule has 1 heterocycles. The molecule has 1 amide bonds. The molecule has 4 nitrogen and oxygen atoms in total. The molecule has 1 saturated heterocycles. The standard InChI is InChI=1S/C14H20N2O2/c1-10(2)18-12-5-3-11(4-6-12)13-9-15-8-7-14(17)16-13/h3-6,10,13,15H,7-9H2,1-2H3,(H,16,17). The van der Waals surface area contributed by atoms with Crippen LogP contribution in [0.2, 0.25) is 0 Å². The molecule has 0 radical (unpaired) electrons. The molecule has 1 aliphatic heterocycles. The van der Waals surface area contributed by atoms with Crippen molar-refractivity contribution in [2.45, 2.75) is 32.4 Å². The maximum Gasteiger partial charge on any atom is 0.221 e. The number of carbonyl (C=O) groups excluding carboxylic acids is 1. The summed E-state index contributed by atoms with van der Waals surface area (Å²) < 4.78 is 5.60. The molecule has 0 saturated carbocycles. The van der Waals surface area contributed by atoms with E-state index < -0.39 is 0 Å². The maximum absolute atomic E-state index is 11.5. The van der Waals surface area contributed by atoms with Crippen molar-refractivity contribution in [3.8, 4) is 5.75 Å². The topological polar surface area (TPSA) is 50.4 Å². The minimum atomic E-state index is 0.0492. The van der Waals surface area contributed by atoms with Gasteiger partial charge in [-0.2, -0.15) is 0 Å². The fourth-order valence-corrected chi connectivity index (χ4v) is 2.02. The molecular formula is C14H20N2O2. The van der Waals surface area contributed by atoms with Gasteiger partial charge >= 0.3 is 0 Å². The van der Waals surface area contributed by atoms with Crippen LogP contribution in [0.5, 0.6) is 5.75 Å². The minimum absolute atomic E-state index is 0.0492. The van der Waals surface area contributed by atoms with Gasteiger partial charge in [-0.05, 0) is 31.5 Å². The van der Waals surface area contributed by atoms with Gasteiger partial charge in [-0.25, -0.2) is 0 Å². The van der Waals surface area contributed by atoms with Crippen LogP contribution in [0.4, 0.5) is 0 Å². The summed E-state index contributed by atoms with van der Waals surface area (Å²) in [5.41, 5.74) is 1.11. The smallest absolute Gasteiger partial charge is 0.221 e. The summed E-state index contributed by atoms with van der Waals surface area (Å²) in [7, 11) is 0. The van der Waals surface area contributed by atoms with Crippen molar-refractivity contribution in [2.75, 3.05) is 13.1 Å². The Balaban J connectivity index is 2.05. The number of nitrogens with one attached hydrogen (secondary N) is 2. The molecule has 1 aliphatic rings. The van der Waals surface area contributed by atoms with Crippen LogP contribution in [0.1, 0.15) is 31.9 Å². The Labute approximate surface area is 108 Å². The van der Waals surface area contributed by atoms with E-state index in [1.807, 2.05) is 38.1 Å². The lowest BCUT2D eigenvalue weighted by Gasteiger charge is -2.17. The molecular weight excluding hydrogens is 228 g/mol. The van der Waals surface area contributed by atoms with Gasteiger partial charge in [0.2, 0.25) is 5.91 Å². The number of amides is 1.